The number of carbonyl (C=O) groups excluding carboxylic acids is 1. The van der Waals surface area contributed by atoms with Gasteiger partial charge >= 0.3 is 0 Å². The average molecular weight is 208 g/mol. The van der Waals surface area contributed by atoms with Crippen molar-refractivity contribution in [3.8, 4) is 6.07 Å². The standard InChI is InChI=1S/C12H20N2O/c1-11(2)8-10(15)9-12(3,4)14(11)7-5-6-13/h5,7-9H2,1-4H3. The second-order valence-corrected chi connectivity index (χ2v) is 5.58. The number of hydrogen-bond acceptors (Lipinski definition) is 3. The van der Waals surface area contributed by atoms with Crippen molar-refractivity contribution in [2.75, 3.05) is 6.54 Å². The zero-order chi connectivity index (χ0) is 11.7. The Morgan fingerprint density at radius 2 is 1.73 bits per heavy atom. The van der Waals surface area contributed by atoms with Crippen LogP contribution in [0.15, 0.2) is 0 Å². The summed E-state index contributed by atoms with van der Waals surface area (Å²) in [5.41, 5.74) is -0.231. The Morgan fingerprint density at radius 3 is 2.13 bits per heavy atom. The number of nitriles is 1. The largest absolute Gasteiger partial charge is 0.300 e. The number of rotatable bonds is 2. The number of hydrogen-bond donors (Lipinski definition) is 0. The Balaban J connectivity index is 2.88. The molecule has 15 heavy (non-hydrogen) atoms. The van der Waals surface area contributed by atoms with Crippen LogP contribution in [0.3, 0.4) is 0 Å². The third kappa shape index (κ3) is 2.57. The lowest BCUT2D eigenvalue weighted by Gasteiger charge is -2.52. The molecule has 1 rings (SSSR count). The zero-order valence-electron chi connectivity index (χ0n) is 10.1. The third-order valence-electron chi connectivity index (χ3n) is 3.17. The van der Waals surface area contributed by atoms with Crippen molar-refractivity contribution >= 4 is 5.78 Å². The molecule has 0 aromatic carbocycles. The van der Waals surface area contributed by atoms with E-state index in [4.69, 9.17) is 5.26 Å². The molecule has 0 amide bonds. The van der Waals surface area contributed by atoms with Gasteiger partial charge in [-0.25, -0.2) is 0 Å². The molecule has 1 saturated heterocycles. The number of ketones is 1. The molecule has 0 aliphatic carbocycles. The third-order valence-corrected chi connectivity index (χ3v) is 3.17. The SMILES string of the molecule is CC1(C)CC(=O)CC(C)(C)N1CCC#N. The molecule has 0 spiro atoms. The summed E-state index contributed by atoms with van der Waals surface area (Å²) < 4.78 is 0. The highest BCUT2D eigenvalue weighted by atomic mass is 16.1. The Morgan fingerprint density at radius 1 is 1.27 bits per heavy atom. The first-order valence-corrected chi connectivity index (χ1v) is 5.46. The van der Waals surface area contributed by atoms with Gasteiger partial charge in [0.2, 0.25) is 0 Å². The molecule has 0 aromatic heterocycles. The van der Waals surface area contributed by atoms with E-state index in [1.165, 1.54) is 0 Å². The first kappa shape index (κ1) is 12.2. The fourth-order valence-electron chi connectivity index (χ4n) is 2.80. The van der Waals surface area contributed by atoms with Gasteiger partial charge < -0.3 is 0 Å². The molecule has 3 nitrogen and oxygen atoms in total. The quantitative estimate of drug-likeness (QED) is 0.698. The maximum atomic E-state index is 11.6. The minimum Gasteiger partial charge on any atom is -0.300 e. The first-order valence-electron chi connectivity index (χ1n) is 5.46. The summed E-state index contributed by atoms with van der Waals surface area (Å²) in [5.74, 6) is 0.332. The summed E-state index contributed by atoms with van der Waals surface area (Å²) in [4.78, 5) is 13.9. The van der Waals surface area contributed by atoms with E-state index in [-0.39, 0.29) is 11.1 Å². The minimum atomic E-state index is -0.115. The van der Waals surface area contributed by atoms with Gasteiger partial charge in [-0.3, -0.25) is 9.69 Å². The van der Waals surface area contributed by atoms with Crippen LogP contribution in [0.25, 0.3) is 0 Å². The molecule has 0 atom stereocenters. The van der Waals surface area contributed by atoms with E-state index in [2.05, 4.69) is 38.7 Å². The lowest BCUT2D eigenvalue weighted by molar-refractivity contribution is -0.133. The van der Waals surface area contributed by atoms with Gasteiger partial charge in [-0.15, -0.1) is 0 Å². The van der Waals surface area contributed by atoms with Crippen molar-refractivity contribution in [1.29, 1.82) is 5.26 Å². The predicted octanol–water partition coefficient (Wildman–Crippen LogP) is 2.12. The second-order valence-electron chi connectivity index (χ2n) is 5.58. The van der Waals surface area contributed by atoms with Gasteiger partial charge in [0.05, 0.1) is 6.07 Å². The van der Waals surface area contributed by atoms with E-state index in [0.717, 1.165) is 6.54 Å². The van der Waals surface area contributed by atoms with Gasteiger partial charge in [0.1, 0.15) is 5.78 Å². The van der Waals surface area contributed by atoms with Gasteiger partial charge in [-0.2, -0.15) is 5.26 Å². The molecule has 1 aliphatic heterocycles. The topological polar surface area (TPSA) is 44.1 Å². The van der Waals surface area contributed by atoms with Gasteiger partial charge in [0.25, 0.3) is 0 Å². The molecule has 0 aromatic rings. The Kier molecular flexibility index (Phi) is 3.20. The van der Waals surface area contributed by atoms with Crippen LogP contribution in [0.4, 0.5) is 0 Å². The van der Waals surface area contributed by atoms with Crippen molar-refractivity contribution in [2.24, 2.45) is 0 Å². The van der Waals surface area contributed by atoms with Crippen molar-refractivity contribution in [3.63, 3.8) is 0 Å². The first-order chi connectivity index (χ1) is 6.79. The summed E-state index contributed by atoms with van der Waals surface area (Å²) in [6, 6.07) is 2.18. The maximum Gasteiger partial charge on any atom is 0.136 e. The Bertz CT molecular complexity index is 279. The van der Waals surface area contributed by atoms with Crippen LogP contribution in [0.2, 0.25) is 0 Å². The lowest BCUT2D eigenvalue weighted by atomic mass is 9.79. The van der Waals surface area contributed by atoms with Gasteiger partial charge in [-0.1, -0.05) is 0 Å². The van der Waals surface area contributed by atoms with E-state index >= 15 is 0 Å². The number of likely N-dealkylation sites (tertiary alicyclic amines) is 1. The van der Waals surface area contributed by atoms with Crippen LogP contribution in [0.5, 0.6) is 0 Å². The Hall–Kier alpha value is -0.880. The smallest absolute Gasteiger partial charge is 0.136 e. The molecule has 0 radical (unpaired) electrons. The molecular formula is C12H20N2O. The molecule has 84 valence electrons. The molecule has 0 unspecified atom stereocenters. The molecule has 0 saturated carbocycles. The van der Waals surface area contributed by atoms with Crippen LogP contribution in [-0.2, 0) is 4.79 Å². The van der Waals surface area contributed by atoms with Gasteiger partial charge in [0.15, 0.2) is 0 Å². The van der Waals surface area contributed by atoms with Crippen molar-refractivity contribution in [1.82, 2.24) is 4.90 Å². The fourth-order valence-corrected chi connectivity index (χ4v) is 2.80. The van der Waals surface area contributed by atoms with Crippen LogP contribution < -0.4 is 0 Å². The molecule has 3 heteroatoms. The summed E-state index contributed by atoms with van der Waals surface area (Å²) in [5, 5.41) is 8.65. The highest BCUT2D eigenvalue weighted by molar-refractivity contribution is 5.81. The van der Waals surface area contributed by atoms with Crippen molar-refractivity contribution < 1.29 is 4.79 Å². The molecule has 1 heterocycles. The normalized spacial score (nSPS) is 24.9. The van der Waals surface area contributed by atoms with E-state index in [0.29, 0.717) is 25.0 Å². The summed E-state index contributed by atoms with van der Waals surface area (Å²) in [6.45, 7) is 9.10. The number of nitrogens with zero attached hydrogens (tertiary/aromatic N) is 2. The van der Waals surface area contributed by atoms with E-state index in [1.807, 2.05) is 0 Å². The average Bonchev–Trinajstić information content (AvgIpc) is 1.98. The lowest BCUT2D eigenvalue weighted by Crippen LogP contribution is -2.61. The van der Waals surface area contributed by atoms with E-state index in [1.54, 1.807) is 0 Å². The van der Waals surface area contributed by atoms with Gasteiger partial charge in [-0.05, 0) is 27.7 Å². The zero-order valence-corrected chi connectivity index (χ0v) is 10.1. The molecule has 1 aliphatic rings. The van der Waals surface area contributed by atoms with Gasteiger partial charge in [0, 0.05) is 36.9 Å². The molecule has 0 bridgehead atoms. The van der Waals surface area contributed by atoms with E-state index < -0.39 is 0 Å². The van der Waals surface area contributed by atoms with Crippen LogP contribution >= 0.6 is 0 Å². The van der Waals surface area contributed by atoms with Crippen LogP contribution in [-0.4, -0.2) is 28.3 Å². The minimum absolute atomic E-state index is 0.115. The van der Waals surface area contributed by atoms with Crippen molar-refractivity contribution in [2.45, 2.75) is 58.0 Å². The molecular weight excluding hydrogens is 188 g/mol. The fraction of sp³-hybridized carbons (Fsp3) is 0.833. The summed E-state index contributed by atoms with van der Waals surface area (Å²) >= 11 is 0. The summed E-state index contributed by atoms with van der Waals surface area (Å²) in [6.07, 6.45) is 1.73. The maximum absolute atomic E-state index is 11.6. The summed E-state index contributed by atoms with van der Waals surface area (Å²) in [7, 11) is 0. The number of piperidine rings is 1. The molecule has 1 fully saturated rings. The van der Waals surface area contributed by atoms with Crippen molar-refractivity contribution in [3.05, 3.63) is 0 Å². The second kappa shape index (κ2) is 3.94. The highest BCUT2D eigenvalue weighted by Crippen LogP contribution is 2.36. The molecule has 0 N–H and O–H groups in total. The predicted molar refractivity (Wildman–Crippen MR) is 59.3 cm³/mol. The highest BCUT2D eigenvalue weighted by Gasteiger charge is 2.44. The number of carbonyl (C=O) groups is 1. The number of Topliss-reactive ketones (excluding diaryl/α,β-unsaturated/α-hetero) is 1. The van der Waals surface area contributed by atoms with Crippen LogP contribution in [0.1, 0.15) is 47.0 Å². The van der Waals surface area contributed by atoms with Crippen LogP contribution in [0, 0.1) is 11.3 Å². The monoisotopic (exact) mass is 208 g/mol. The van der Waals surface area contributed by atoms with E-state index in [9.17, 15) is 4.79 Å². The Labute approximate surface area is 92.1 Å².